The smallest absolute Gasteiger partial charge is 0.391 e. The van der Waals surface area contributed by atoms with E-state index in [9.17, 15) is 46.3 Å². The minimum Gasteiger partial charge on any atom is -0.391 e. The average Bonchev–Trinajstić information content (AvgIpc) is 3.69. The minimum atomic E-state index is -4.50. The fraction of sp³-hybridized carbons (Fsp3) is 0.517. The van der Waals surface area contributed by atoms with Crippen molar-refractivity contribution in [2.75, 3.05) is 11.4 Å². The first kappa shape index (κ1) is 30.6. The molecule has 1 saturated heterocycles. The van der Waals surface area contributed by atoms with Gasteiger partial charge in [0, 0.05) is 42.8 Å². The van der Waals surface area contributed by atoms with Crippen molar-refractivity contribution < 1.29 is 41.0 Å². The normalized spacial score (nSPS) is 23.7. The summed E-state index contributed by atoms with van der Waals surface area (Å²) in [7, 11) is 0. The topological polar surface area (TPSA) is 110 Å². The van der Waals surface area contributed by atoms with Gasteiger partial charge in [0.1, 0.15) is 17.9 Å². The molecule has 1 aromatic carbocycles. The molecule has 3 aliphatic rings. The van der Waals surface area contributed by atoms with E-state index < -0.39 is 72.2 Å². The van der Waals surface area contributed by atoms with E-state index in [1.165, 1.54) is 24.3 Å². The number of benzene rings is 1. The third-order valence-corrected chi connectivity index (χ3v) is 8.53. The maximum atomic E-state index is 14.4. The van der Waals surface area contributed by atoms with Gasteiger partial charge in [0.05, 0.1) is 24.3 Å². The fourth-order valence-electron chi connectivity index (χ4n) is 5.98. The number of carbonyl (C=O) groups is 2. The second-order valence-electron chi connectivity index (χ2n) is 11.5. The zero-order valence-corrected chi connectivity index (χ0v) is 22.8. The van der Waals surface area contributed by atoms with Crippen LogP contribution >= 0.6 is 0 Å². The van der Waals surface area contributed by atoms with Crippen LogP contribution in [0.3, 0.4) is 0 Å². The van der Waals surface area contributed by atoms with Crippen LogP contribution in [0.2, 0.25) is 0 Å². The maximum Gasteiger partial charge on any atom is 0.398 e. The van der Waals surface area contributed by atoms with Gasteiger partial charge in [0.2, 0.25) is 11.8 Å². The molecule has 2 heterocycles. The lowest BCUT2D eigenvalue weighted by Crippen LogP contribution is -2.52. The number of amides is 2. The standard InChI is InChI=1S/C29H29F6N5O3/c30-19-11-17(13-37-14-19)24(25(42)38-20-5-7-28(31,32)8-6-20)40(26(43)23-12-22(41)15-39(23)16-36)21-3-1-18(2-4-21)27(9-10-27)29(33,34)35/h1-4,11,13-14,20,22-24,41H,5-10,12,15H2,(H,38,42)/t22-,23-,24?/m1/s1. The molecule has 2 aliphatic carbocycles. The number of nitrogens with zero attached hydrogens (tertiary/aromatic N) is 4. The second-order valence-corrected chi connectivity index (χ2v) is 11.5. The van der Waals surface area contributed by atoms with Gasteiger partial charge < -0.3 is 10.4 Å². The number of nitriles is 1. The van der Waals surface area contributed by atoms with Gasteiger partial charge in [-0.05, 0) is 49.4 Å². The number of nitrogens with one attached hydrogen (secondary N) is 1. The van der Waals surface area contributed by atoms with Crippen molar-refractivity contribution in [2.45, 2.75) is 86.7 Å². The van der Waals surface area contributed by atoms with E-state index in [1.54, 1.807) is 0 Å². The highest BCUT2D eigenvalue weighted by Gasteiger charge is 2.64. The number of hydrogen-bond donors (Lipinski definition) is 2. The van der Waals surface area contributed by atoms with Crippen molar-refractivity contribution in [1.82, 2.24) is 15.2 Å². The molecule has 8 nitrogen and oxygen atoms in total. The molecule has 14 heteroatoms. The highest BCUT2D eigenvalue weighted by atomic mass is 19.4. The van der Waals surface area contributed by atoms with Crippen molar-refractivity contribution in [2.24, 2.45) is 0 Å². The van der Waals surface area contributed by atoms with Crippen molar-refractivity contribution in [3.8, 4) is 6.19 Å². The minimum absolute atomic E-state index is 0.0226. The number of anilines is 1. The summed E-state index contributed by atoms with van der Waals surface area (Å²) < 4.78 is 83.3. The number of rotatable bonds is 7. The van der Waals surface area contributed by atoms with Crippen LogP contribution in [0, 0.1) is 17.3 Å². The predicted octanol–water partition coefficient (Wildman–Crippen LogP) is 4.50. The summed E-state index contributed by atoms with van der Waals surface area (Å²) >= 11 is 0. The van der Waals surface area contributed by atoms with Gasteiger partial charge in [-0.1, -0.05) is 12.1 Å². The van der Waals surface area contributed by atoms with Gasteiger partial charge in [0.25, 0.3) is 5.91 Å². The average molecular weight is 610 g/mol. The Kier molecular flexibility index (Phi) is 8.06. The molecule has 1 aliphatic heterocycles. The Hall–Kier alpha value is -3.86. The molecule has 2 aromatic rings. The van der Waals surface area contributed by atoms with Crippen LogP contribution in [0.25, 0.3) is 0 Å². The molecule has 0 spiro atoms. The summed E-state index contributed by atoms with van der Waals surface area (Å²) in [4.78, 5) is 33.8. The molecule has 0 radical (unpaired) electrons. The second kappa shape index (κ2) is 11.3. The van der Waals surface area contributed by atoms with Crippen LogP contribution < -0.4 is 10.2 Å². The Morgan fingerprint density at radius 1 is 1.12 bits per heavy atom. The summed E-state index contributed by atoms with van der Waals surface area (Å²) in [5.74, 6) is -5.42. The first-order chi connectivity index (χ1) is 20.2. The van der Waals surface area contributed by atoms with E-state index in [4.69, 9.17) is 0 Å². The Labute approximate surface area is 243 Å². The molecule has 3 fully saturated rings. The number of aromatic nitrogens is 1. The number of likely N-dealkylation sites (tertiary alicyclic amines) is 1. The van der Waals surface area contributed by atoms with Gasteiger partial charge in [-0.2, -0.15) is 18.4 Å². The summed E-state index contributed by atoms with van der Waals surface area (Å²) in [6.07, 6.45) is -3.10. The molecule has 230 valence electrons. The number of alkyl halides is 5. The molecule has 1 aromatic heterocycles. The summed E-state index contributed by atoms with van der Waals surface area (Å²) in [5, 5.41) is 22.5. The predicted molar refractivity (Wildman–Crippen MR) is 140 cm³/mol. The maximum absolute atomic E-state index is 14.4. The third kappa shape index (κ3) is 6.13. The number of hydrogen-bond acceptors (Lipinski definition) is 6. The molecule has 2 saturated carbocycles. The Bertz CT molecular complexity index is 1400. The van der Waals surface area contributed by atoms with Crippen LogP contribution in [0.1, 0.15) is 62.1 Å². The summed E-state index contributed by atoms with van der Waals surface area (Å²) in [6.45, 7) is -0.164. The monoisotopic (exact) mass is 609 g/mol. The molecule has 1 unspecified atom stereocenters. The molecule has 2 N–H and O–H groups in total. The van der Waals surface area contributed by atoms with Gasteiger partial charge >= 0.3 is 6.18 Å². The summed E-state index contributed by atoms with van der Waals surface area (Å²) in [5.41, 5.74) is -2.15. The lowest BCUT2D eigenvalue weighted by atomic mass is 9.91. The molecular weight excluding hydrogens is 580 g/mol. The first-order valence-corrected chi connectivity index (χ1v) is 13.9. The Balaban J connectivity index is 1.56. The summed E-state index contributed by atoms with van der Waals surface area (Å²) in [6, 6.07) is 2.32. The molecular formula is C29H29F6N5O3. The van der Waals surface area contributed by atoms with Gasteiger partial charge in [-0.15, -0.1) is 0 Å². The third-order valence-electron chi connectivity index (χ3n) is 8.53. The van der Waals surface area contributed by atoms with E-state index in [1.807, 2.05) is 6.19 Å². The highest BCUT2D eigenvalue weighted by Crippen LogP contribution is 2.59. The largest absolute Gasteiger partial charge is 0.398 e. The molecule has 43 heavy (non-hydrogen) atoms. The molecule has 2 amide bonds. The highest BCUT2D eigenvalue weighted by molar-refractivity contribution is 6.04. The van der Waals surface area contributed by atoms with E-state index in [0.717, 1.165) is 28.3 Å². The van der Waals surface area contributed by atoms with Crippen LogP contribution in [-0.2, 0) is 15.0 Å². The van der Waals surface area contributed by atoms with E-state index in [2.05, 4.69) is 10.3 Å². The SMILES string of the molecule is N#CN1C[C@H](O)C[C@@H]1C(=O)N(c1ccc(C2(C(F)(F)F)CC2)cc1)C(C(=O)NC1CCC(F)(F)CC1)c1cncc(F)c1. The quantitative estimate of drug-likeness (QED) is 0.354. The lowest BCUT2D eigenvalue weighted by Gasteiger charge is -2.36. The van der Waals surface area contributed by atoms with E-state index in [-0.39, 0.29) is 55.5 Å². The van der Waals surface area contributed by atoms with Gasteiger partial charge in [-0.25, -0.2) is 13.2 Å². The molecule has 3 atom stereocenters. The number of aliphatic hydroxyl groups excluding tert-OH is 1. The van der Waals surface area contributed by atoms with Crippen molar-refractivity contribution >= 4 is 17.5 Å². The Morgan fingerprint density at radius 2 is 1.77 bits per heavy atom. The first-order valence-electron chi connectivity index (χ1n) is 13.9. The van der Waals surface area contributed by atoms with Crippen LogP contribution in [-0.4, -0.2) is 63.6 Å². The van der Waals surface area contributed by atoms with Crippen molar-refractivity contribution in [1.29, 1.82) is 5.26 Å². The zero-order chi connectivity index (χ0) is 31.2. The lowest BCUT2D eigenvalue weighted by molar-refractivity contribution is -0.160. The van der Waals surface area contributed by atoms with Crippen LogP contribution in [0.5, 0.6) is 0 Å². The molecule has 5 rings (SSSR count). The number of carbonyl (C=O) groups excluding carboxylic acids is 2. The fourth-order valence-corrected chi connectivity index (χ4v) is 5.98. The zero-order valence-electron chi connectivity index (χ0n) is 22.8. The number of aliphatic hydroxyl groups is 1. The van der Waals surface area contributed by atoms with E-state index >= 15 is 0 Å². The van der Waals surface area contributed by atoms with Crippen LogP contribution in [0.4, 0.5) is 32.0 Å². The van der Waals surface area contributed by atoms with Crippen LogP contribution in [0.15, 0.2) is 42.7 Å². The van der Waals surface area contributed by atoms with Crippen molar-refractivity contribution in [3.63, 3.8) is 0 Å². The number of halogens is 6. The molecule has 0 bridgehead atoms. The number of pyridine rings is 1. The van der Waals surface area contributed by atoms with Gasteiger partial charge in [-0.3, -0.25) is 24.4 Å². The van der Waals surface area contributed by atoms with Gasteiger partial charge in [0.15, 0.2) is 6.19 Å². The number of β-amino-alcohol motifs (C(OH)–C–C–N with tert-alkyl or cyclic N) is 1. The van der Waals surface area contributed by atoms with E-state index in [0.29, 0.717) is 0 Å². The Morgan fingerprint density at radius 3 is 2.33 bits per heavy atom. The van der Waals surface area contributed by atoms with Crippen molar-refractivity contribution in [3.05, 3.63) is 59.7 Å².